The van der Waals surface area contributed by atoms with Crippen molar-refractivity contribution in [3.05, 3.63) is 47.7 Å². The number of benzene rings is 1. The van der Waals surface area contributed by atoms with Gasteiger partial charge in [0.2, 0.25) is 0 Å². The normalized spacial score (nSPS) is 10.4. The minimum atomic E-state index is 0.700. The van der Waals surface area contributed by atoms with Gasteiger partial charge in [0.05, 0.1) is 12.7 Å². The zero-order valence-corrected chi connectivity index (χ0v) is 8.14. The van der Waals surface area contributed by atoms with Crippen LogP contribution >= 0.6 is 0 Å². The molecule has 0 saturated heterocycles. The van der Waals surface area contributed by atoms with Crippen LogP contribution in [0.4, 0.5) is 5.82 Å². The Morgan fingerprint density at radius 3 is 2.50 bits per heavy atom. The summed E-state index contributed by atoms with van der Waals surface area (Å²) in [5, 5.41) is 4.13. The fraction of sp³-hybridized carbons (Fsp3) is 0.182. The molecule has 0 bridgehead atoms. The van der Waals surface area contributed by atoms with E-state index in [9.17, 15) is 0 Å². The summed E-state index contributed by atoms with van der Waals surface area (Å²) in [4.78, 5) is 0. The van der Waals surface area contributed by atoms with Gasteiger partial charge in [-0.2, -0.15) is 5.10 Å². The minimum absolute atomic E-state index is 0.700. The van der Waals surface area contributed by atoms with E-state index in [1.807, 2.05) is 0 Å². The van der Waals surface area contributed by atoms with Gasteiger partial charge in [-0.05, 0) is 18.6 Å². The molecular weight excluding hydrogens is 174 g/mol. The Labute approximate surface area is 83.2 Å². The van der Waals surface area contributed by atoms with Gasteiger partial charge in [0.1, 0.15) is 5.82 Å². The predicted molar refractivity (Wildman–Crippen MR) is 56.9 cm³/mol. The van der Waals surface area contributed by atoms with Gasteiger partial charge in [-0.25, -0.2) is 4.68 Å². The molecule has 0 aliphatic rings. The fourth-order valence-electron chi connectivity index (χ4n) is 1.34. The van der Waals surface area contributed by atoms with Gasteiger partial charge >= 0.3 is 0 Å². The molecule has 72 valence electrons. The maximum atomic E-state index is 5.72. The highest BCUT2D eigenvalue weighted by Crippen LogP contribution is 2.07. The molecule has 0 saturated carbocycles. The van der Waals surface area contributed by atoms with Crippen molar-refractivity contribution in [1.82, 2.24) is 9.78 Å². The van der Waals surface area contributed by atoms with E-state index in [2.05, 4.69) is 36.3 Å². The molecule has 3 nitrogen and oxygen atoms in total. The van der Waals surface area contributed by atoms with Crippen LogP contribution in [0.25, 0.3) is 0 Å². The van der Waals surface area contributed by atoms with Crippen molar-refractivity contribution in [2.45, 2.75) is 13.5 Å². The third-order valence-electron chi connectivity index (χ3n) is 2.20. The standard InChI is InChI=1S/C11H13N3/c1-9-2-4-10(5-3-9)8-14-11(12)6-7-13-14/h2-7H,8,12H2,1H3. The lowest BCUT2D eigenvalue weighted by Crippen LogP contribution is -2.05. The summed E-state index contributed by atoms with van der Waals surface area (Å²) in [6.45, 7) is 2.81. The fourth-order valence-corrected chi connectivity index (χ4v) is 1.34. The number of aromatic nitrogens is 2. The van der Waals surface area contributed by atoms with Gasteiger partial charge in [0, 0.05) is 0 Å². The molecular formula is C11H13N3. The van der Waals surface area contributed by atoms with Gasteiger partial charge in [-0.3, -0.25) is 0 Å². The van der Waals surface area contributed by atoms with Crippen LogP contribution in [0, 0.1) is 6.92 Å². The zero-order chi connectivity index (χ0) is 9.97. The van der Waals surface area contributed by atoms with Crippen LogP contribution in [0.2, 0.25) is 0 Å². The number of hydrogen-bond acceptors (Lipinski definition) is 2. The van der Waals surface area contributed by atoms with E-state index in [4.69, 9.17) is 5.73 Å². The first-order valence-corrected chi connectivity index (χ1v) is 4.58. The van der Waals surface area contributed by atoms with Crippen molar-refractivity contribution < 1.29 is 0 Å². The Balaban J connectivity index is 2.19. The molecule has 0 spiro atoms. The summed E-state index contributed by atoms with van der Waals surface area (Å²) >= 11 is 0. The highest BCUT2D eigenvalue weighted by Gasteiger charge is 1.98. The second-order valence-electron chi connectivity index (χ2n) is 3.40. The predicted octanol–water partition coefficient (Wildman–Crippen LogP) is 1.82. The summed E-state index contributed by atoms with van der Waals surface area (Å²) in [6, 6.07) is 10.2. The van der Waals surface area contributed by atoms with Gasteiger partial charge in [0.25, 0.3) is 0 Å². The lowest BCUT2D eigenvalue weighted by Gasteiger charge is -2.04. The Hall–Kier alpha value is -1.77. The van der Waals surface area contributed by atoms with E-state index in [0.29, 0.717) is 5.82 Å². The molecule has 0 radical (unpaired) electrons. The summed E-state index contributed by atoms with van der Waals surface area (Å²) in [6.07, 6.45) is 1.71. The van der Waals surface area contributed by atoms with Crippen LogP contribution in [0.1, 0.15) is 11.1 Å². The average molecular weight is 187 g/mol. The molecule has 3 heteroatoms. The Morgan fingerprint density at radius 2 is 1.93 bits per heavy atom. The summed E-state index contributed by atoms with van der Waals surface area (Å²) < 4.78 is 1.78. The second kappa shape index (κ2) is 3.54. The van der Waals surface area contributed by atoms with E-state index in [1.165, 1.54) is 11.1 Å². The van der Waals surface area contributed by atoms with Crippen LogP contribution in [0.15, 0.2) is 36.5 Å². The molecule has 2 N–H and O–H groups in total. The highest BCUT2D eigenvalue weighted by molar-refractivity contribution is 5.28. The molecule has 2 aromatic rings. The SMILES string of the molecule is Cc1ccc(Cn2nccc2N)cc1. The van der Waals surface area contributed by atoms with Crippen molar-refractivity contribution in [2.24, 2.45) is 0 Å². The lowest BCUT2D eigenvalue weighted by molar-refractivity contribution is 0.697. The molecule has 0 aliphatic carbocycles. The summed E-state index contributed by atoms with van der Waals surface area (Å²) in [7, 11) is 0. The van der Waals surface area contributed by atoms with E-state index in [-0.39, 0.29) is 0 Å². The number of nitrogens with zero attached hydrogens (tertiary/aromatic N) is 2. The smallest absolute Gasteiger partial charge is 0.122 e. The molecule has 0 aliphatic heterocycles. The van der Waals surface area contributed by atoms with Crippen LogP contribution in [0.3, 0.4) is 0 Å². The van der Waals surface area contributed by atoms with Gasteiger partial charge in [0.15, 0.2) is 0 Å². The van der Waals surface area contributed by atoms with Crippen molar-refractivity contribution in [1.29, 1.82) is 0 Å². The quantitative estimate of drug-likeness (QED) is 0.779. The Morgan fingerprint density at radius 1 is 1.21 bits per heavy atom. The summed E-state index contributed by atoms with van der Waals surface area (Å²) in [5.41, 5.74) is 8.20. The zero-order valence-electron chi connectivity index (χ0n) is 8.14. The van der Waals surface area contributed by atoms with Crippen molar-refractivity contribution in [2.75, 3.05) is 5.73 Å². The van der Waals surface area contributed by atoms with Crippen molar-refractivity contribution in [3.8, 4) is 0 Å². The third-order valence-corrected chi connectivity index (χ3v) is 2.20. The molecule has 2 rings (SSSR count). The third kappa shape index (κ3) is 1.76. The van der Waals surface area contributed by atoms with Crippen LogP contribution in [-0.4, -0.2) is 9.78 Å². The van der Waals surface area contributed by atoms with Crippen molar-refractivity contribution >= 4 is 5.82 Å². The number of anilines is 1. The molecule has 0 atom stereocenters. The monoisotopic (exact) mass is 187 g/mol. The molecule has 14 heavy (non-hydrogen) atoms. The first-order chi connectivity index (χ1) is 6.75. The first-order valence-electron chi connectivity index (χ1n) is 4.58. The Bertz CT molecular complexity index is 414. The molecule has 0 unspecified atom stereocenters. The number of hydrogen-bond donors (Lipinski definition) is 1. The topological polar surface area (TPSA) is 43.8 Å². The molecule has 0 fully saturated rings. The number of aryl methyl sites for hydroxylation is 1. The molecule has 1 aromatic heterocycles. The number of rotatable bonds is 2. The molecule has 1 aromatic carbocycles. The van der Waals surface area contributed by atoms with E-state index >= 15 is 0 Å². The van der Waals surface area contributed by atoms with Crippen molar-refractivity contribution in [3.63, 3.8) is 0 Å². The van der Waals surface area contributed by atoms with Gasteiger partial charge < -0.3 is 5.73 Å². The average Bonchev–Trinajstić information content (AvgIpc) is 2.56. The maximum Gasteiger partial charge on any atom is 0.122 e. The lowest BCUT2D eigenvalue weighted by atomic mass is 10.1. The molecule has 0 amide bonds. The van der Waals surface area contributed by atoms with E-state index < -0.39 is 0 Å². The Kier molecular flexibility index (Phi) is 2.23. The maximum absolute atomic E-state index is 5.72. The highest BCUT2D eigenvalue weighted by atomic mass is 15.3. The number of nitrogens with two attached hydrogens (primary N) is 1. The van der Waals surface area contributed by atoms with Crippen LogP contribution < -0.4 is 5.73 Å². The van der Waals surface area contributed by atoms with Gasteiger partial charge in [-0.15, -0.1) is 0 Å². The van der Waals surface area contributed by atoms with E-state index in [0.717, 1.165) is 6.54 Å². The largest absolute Gasteiger partial charge is 0.384 e. The first kappa shape index (κ1) is 8.81. The van der Waals surface area contributed by atoms with E-state index in [1.54, 1.807) is 16.9 Å². The molecule has 1 heterocycles. The summed E-state index contributed by atoms with van der Waals surface area (Å²) in [5.74, 6) is 0.700. The second-order valence-corrected chi connectivity index (χ2v) is 3.40. The van der Waals surface area contributed by atoms with Crippen LogP contribution in [-0.2, 0) is 6.54 Å². The van der Waals surface area contributed by atoms with Gasteiger partial charge in [-0.1, -0.05) is 29.8 Å². The minimum Gasteiger partial charge on any atom is -0.384 e. The number of nitrogen functional groups attached to an aromatic ring is 1. The van der Waals surface area contributed by atoms with Crippen LogP contribution in [0.5, 0.6) is 0 Å².